The molecule has 0 aliphatic heterocycles. The Balaban J connectivity index is 2.65. The van der Waals surface area contributed by atoms with Crippen LogP contribution >= 0.6 is 0 Å². The van der Waals surface area contributed by atoms with E-state index in [1.807, 2.05) is 0 Å². The van der Waals surface area contributed by atoms with E-state index in [0.29, 0.717) is 0 Å². The van der Waals surface area contributed by atoms with Crippen molar-refractivity contribution in [2.45, 2.75) is 25.6 Å². The van der Waals surface area contributed by atoms with Gasteiger partial charge in [-0.2, -0.15) is 0 Å². The van der Waals surface area contributed by atoms with Crippen LogP contribution in [-0.2, 0) is 4.79 Å². The van der Waals surface area contributed by atoms with Crippen LogP contribution in [-0.4, -0.2) is 39.7 Å². The minimum Gasteiger partial charge on any atom is -0.390 e. The number of amides is 2. The molecule has 1 rings (SSSR count). The van der Waals surface area contributed by atoms with E-state index in [1.54, 1.807) is 0 Å². The lowest BCUT2D eigenvalue weighted by atomic mass is 10.1. The summed E-state index contributed by atoms with van der Waals surface area (Å²) in [4.78, 5) is 25.5. The average Bonchev–Trinajstić information content (AvgIpc) is 2.37. The average molecular weight is 267 g/mol. The van der Waals surface area contributed by atoms with E-state index in [-0.39, 0.29) is 30.3 Å². The summed E-state index contributed by atoms with van der Waals surface area (Å²) in [7, 11) is 0. The van der Waals surface area contributed by atoms with Gasteiger partial charge in [-0.15, -0.1) is 0 Å². The molecule has 5 N–H and O–H groups in total. The number of aromatic nitrogens is 1. The van der Waals surface area contributed by atoms with E-state index >= 15 is 0 Å². The summed E-state index contributed by atoms with van der Waals surface area (Å²) < 4.78 is 0. The molecule has 104 valence electrons. The number of hydrogen-bond donors (Lipinski definition) is 4. The van der Waals surface area contributed by atoms with Crippen molar-refractivity contribution >= 4 is 11.8 Å². The maximum absolute atomic E-state index is 11.0. The Hall–Kier alpha value is -1.99. The number of nitrogens with one attached hydrogen (secondary N) is 1. The first-order valence-corrected chi connectivity index (χ1v) is 5.79. The van der Waals surface area contributed by atoms with E-state index < -0.39 is 18.1 Å². The Morgan fingerprint density at radius 2 is 2.11 bits per heavy atom. The van der Waals surface area contributed by atoms with Crippen LogP contribution in [0.5, 0.6) is 0 Å². The lowest BCUT2D eigenvalue weighted by Crippen LogP contribution is -2.28. The van der Waals surface area contributed by atoms with Crippen LogP contribution in [0.3, 0.4) is 0 Å². The largest absolute Gasteiger partial charge is 0.390 e. The van der Waals surface area contributed by atoms with Gasteiger partial charge < -0.3 is 21.3 Å². The van der Waals surface area contributed by atoms with Crippen LogP contribution in [0.25, 0.3) is 0 Å². The van der Waals surface area contributed by atoms with Gasteiger partial charge in [0.25, 0.3) is 5.91 Å². The van der Waals surface area contributed by atoms with Crippen molar-refractivity contribution in [1.29, 1.82) is 0 Å². The van der Waals surface area contributed by atoms with Gasteiger partial charge in [0.05, 0.1) is 11.8 Å². The molecular weight excluding hydrogens is 250 g/mol. The predicted molar refractivity (Wildman–Crippen MR) is 67.0 cm³/mol. The molecule has 19 heavy (non-hydrogen) atoms. The molecule has 0 bridgehead atoms. The second-order valence-electron chi connectivity index (χ2n) is 4.10. The molecule has 2 atom stereocenters. The summed E-state index contributed by atoms with van der Waals surface area (Å²) in [5.74, 6) is -0.919. The molecule has 7 nitrogen and oxygen atoms in total. The maximum Gasteiger partial charge on any atom is 0.267 e. The van der Waals surface area contributed by atoms with Gasteiger partial charge in [0.2, 0.25) is 5.91 Å². The third kappa shape index (κ3) is 4.65. The predicted octanol–water partition coefficient (Wildman–Crippen LogP) is -0.899. The highest BCUT2D eigenvalue weighted by Crippen LogP contribution is 2.16. The fraction of sp³-hybridized carbons (Fsp3) is 0.417. The zero-order valence-electron chi connectivity index (χ0n) is 10.5. The Morgan fingerprint density at radius 3 is 2.68 bits per heavy atom. The number of carbonyl (C=O) groups is 2. The summed E-state index contributed by atoms with van der Waals surface area (Å²) in [6.45, 7) is 1.60. The number of rotatable bonds is 6. The van der Waals surface area contributed by atoms with Crippen molar-refractivity contribution in [3.63, 3.8) is 0 Å². The van der Waals surface area contributed by atoms with E-state index in [0.717, 1.165) is 0 Å². The molecule has 7 heteroatoms. The number of primary amides is 1. The fourth-order valence-corrected chi connectivity index (χ4v) is 1.50. The lowest BCUT2D eigenvalue weighted by molar-refractivity contribution is -0.119. The summed E-state index contributed by atoms with van der Waals surface area (Å²) in [5, 5.41) is 22.1. The summed E-state index contributed by atoms with van der Waals surface area (Å²) >= 11 is 0. The van der Waals surface area contributed by atoms with Crippen molar-refractivity contribution in [2.24, 2.45) is 5.73 Å². The van der Waals surface area contributed by atoms with E-state index in [4.69, 9.17) is 5.73 Å². The molecule has 0 saturated carbocycles. The van der Waals surface area contributed by atoms with Crippen molar-refractivity contribution in [3.05, 3.63) is 29.6 Å². The van der Waals surface area contributed by atoms with Gasteiger partial charge in [-0.25, -0.2) is 4.98 Å². The van der Waals surface area contributed by atoms with Crippen LogP contribution in [0.4, 0.5) is 0 Å². The lowest BCUT2D eigenvalue weighted by Gasteiger charge is -2.17. The van der Waals surface area contributed by atoms with Gasteiger partial charge in [0.1, 0.15) is 11.8 Å². The minimum absolute atomic E-state index is 0.0191. The number of aliphatic hydroxyl groups excluding tert-OH is 2. The van der Waals surface area contributed by atoms with Gasteiger partial charge in [0, 0.05) is 13.5 Å². The minimum atomic E-state index is -1.24. The maximum atomic E-state index is 11.0. The van der Waals surface area contributed by atoms with Crippen LogP contribution in [0, 0.1) is 0 Å². The molecule has 0 aliphatic rings. The van der Waals surface area contributed by atoms with Gasteiger partial charge in [-0.3, -0.25) is 9.59 Å². The quantitative estimate of drug-likeness (QED) is 0.531. The van der Waals surface area contributed by atoms with Crippen LogP contribution in [0.1, 0.15) is 35.6 Å². The van der Waals surface area contributed by atoms with Gasteiger partial charge in [-0.05, 0) is 18.6 Å². The second kappa shape index (κ2) is 6.81. The summed E-state index contributed by atoms with van der Waals surface area (Å²) in [6.07, 6.45) is -2.17. The molecule has 0 radical (unpaired) electrons. The van der Waals surface area contributed by atoms with Gasteiger partial charge >= 0.3 is 0 Å². The zero-order valence-corrected chi connectivity index (χ0v) is 10.5. The third-order valence-corrected chi connectivity index (χ3v) is 2.50. The topological polar surface area (TPSA) is 126 Å². The molecular formula is C12H17N3O4. The highest BCUT2D eigenvalue weighted by molar-refractivity contribution is 5.90. The standard InChI is InChI=1S/C12H17N3O4/c1-7(16)14-6-5-10(17)11(18)8-3-2-4-9(15-8)12(13)19/h2-4,10-11,17-18H,5-6H2,1H3,(H2,13,19)(H,14,16). The molecule has 0 spiro atoms. The molecule has 0 saturated heterocycles. The number of pyridine rings is 1. The molecule has 0 aromatic carbocycles. The summed E-state index contributed by atoms with van der Waals surface area (Å²) in [6, 6.07) is 4.42. The summed E-state index contributed by atoms with van der Waals surface area (Å²) in [5.41, 5.74) is 5.26. The normalized spacial score (nSPS) is 13.6. The van der Waals surface area contributed by atoms with Crippen molar-refractivity contribution in [2.75, 3.05) is 6.54 Å². The number of nitrogens with two attached hydrogens (primary N) is 1. The van der Waals surface area contributed by atoms with Crippen LogP contribution in [0.15, 0.2) is 18.2 Å². The number of nitrogens with zero attached hydrogens (tertiary/aromatic N) is 1. The smallest absolute Gasteiger partial charge is 0.267 e. The molecule has 0 aliphatic carbocycles. The Labute approximate surface area is 110 Å². The van der Waals surface area contributed by atoms with E-state index in [9.17, 15) is 19.8 Å². The Morgan fingerprint density at radius 1 is 1.42 bits per heavy atom. The highest BCUT2D eigenvalue weighted by atomic mass is 16.3. The van der Waals surface area contributed by atoms with Crippen LogP contribution < -0.4 is 11.1 Å². The first kappa shape index (κ1) is 15.1. The first-order chi connectivity index (χ1) is 8.91. The van der Waals surface area contributed by atoms with Gasteiger partial charge in [0.15, 0.2) is 0 Å². The molecule has 2 unspecified atom stereocenters. The molecule has 0 fully saturated rings. The Bertz CT molecular complexity index is 464. The number of carbonyl (C=O) groups excluding carboxylic acids is 2. The van der Waals surface area contributed by atoms with Crippen molar-refractivity contribution < 1.29 is 19.8 Å². The zero-order chi connectivity index (χ0) is 14.4. The fourth-order valence-electron chi connectivity index (χ4n) is 1.50. The first-order valence-electron chi connectivity index (χ1n) is 5.79. The van der Waals surface area contributed by atoms with Gasteiger partial charge in [-0.1, -0.05) is 6.07 Å². The SMILES string of the molecule is CC(=O)NCCC(O)C(O)c1cccc(C(N)=O)n1. The van der Waals surface area contributed by atoms with E-state index in [2.05, 4.69) is 10.3 Å². The molecule has 1 heterocycles. The van der Waals surface area contributed by atoms with Crippen molar-refractivity contribution in [3.8, 4) is 0 Å². The molecule has 1 aromatic rings. The van der Waals surface area contributed by atoms with Crippen LogP contribution in [0.2, 0.25) is 0 Å². The van der Waals surface area contributed by atoms with Crippen molar-refractivity contribution in [1.82, 2.24) is 10.3 Å². The molecule has 1 aromatic heterocycles. The highest BCUT2D eigenvalue weighted by Gasteiger charge is 2.20. The molecule has 2 amide bonds. The number of hydrogen-bond acceptors (Lipinski definition) is 5. The Kier molecular flexibility index (Phi) is 5.40. The third-order valence-electron chi connectivity index (χ3n) is 2.50. The monoisotopic (exact) mass is 267 g/mol. The number of aliphatic hydroxyl groups is 2. The second-order valence-corrected chi connectivity index (χ2v) is 4.10. The van der Waals surface area contributed by atoms with E-state index in [1.165, 1.54) is 25.1 Å².